The molecule has 0 saturated heterocycles. The molecule has 0 aliphatic carbocycles. The van der Waals surface area contributed by atoms with Crippen molar-refractivity contribution in [1.29, 1.82) is 0 Å². The first-order chi connectivity index (χ1) is 9.13. The molecule has 0 saturated carbocycles. The van der Waals surface area contributed by atoms with Crippen LogP contribution in [0.1, 0.15) is 29.8 Å². The molecule has 19 heavy (non-hydrogen) atoms. The van der Waals surface area contributed by atoms with Gasteiger partial charge in [0, 0.05) is 36.5 Å². The third kappa shape index (κ3) is 2.96. The minimum absolute atomic E-state index is 0.232. The van der Waals surface area contributed by atoms with Gasteiger partial charge < -0.3 is 10.1 Å². The number of nitrogens with one attached hydrogen (secondary N) is 1. The molecule has 1 N–H and O–H groups in total. The topological polar surface area (TPSA) is 39.1 Å². The predicted molar refractivity (Wildman–Crippen MR) is 76.2 cm³/mol. The Hall–Kier alpha value is -1.81. The predicted octanol–water partition coefficient (Wildman–Crippen LogP) is 2.59. The van der Waals surface area contributed by atoms with Gasteiger partial charge in [-0.1, -0.05) is 18.2 Å². The third-order valence-electron chi connectivity index (χ3n) is 3.54. The van der Waals surface area contributed by atoms with Gasteiger partial charge in [-0.25, -0.2) is 0 Å². The van der Waals surface area contributed by atoms with Crippen molar-refractivity contribution in [3.05, 3.63) is 47.3 Å². The van der Waals surface area contributed by atoms with Crippen LogP contribution in [0.15, 0.2) is 30.5 Å². The van der Waals surface area contributed by atoms with Gasteiger partial charge >= 0.3 is 0 Å². The summed E-state index contributed by atoms with van der Waals surface area (Å²) < 4.78 is 7.28. The molecule has 102 valence electrons. The van der Waals surface area contributed by atoms with Crippen LogP contribution in [0.2, 0.25) is 0 Å². The largest absolute Gasteiger partial charge is 0.496 e. The van der Waals surface area contributed by atoms with E-state index in [4.69, 9.17) is 4.74 Å². The Morgan fingerprint density at radius 3 is 2.74 bits per heavy atom. The Morgan fingerprint density at radius 1 is 1.37 bits per heavy atom. The summed E-state index contributed by atoms with van der Waals surface area (Å²) in [4.78, 5) is 0. The van der Waals surface area contributed by atoms with Crippen molar-refractivity contribution in [2.75, 3.05) is 7.11 Å². The maximum absolute atomic E-state index is 5.39. The van der Waals surface area contributed by atoms with Crippen LogP contribution in [0.4, 0.5) is 0 Å². The van der Waals surface area contributed by atoms with Gasteiger partial charge in [0.1, 0.15) is 5.75 Å². The van der Waals surface area contributed by atoms with Gasteiger partial charge in [0.05, 0.1) is 13.3 Å². The van der Waals surface area contributed by atoms with Crippen LogP contribution in [-0.4, -0.2) is 16.9 Å². The minimum Gasteiger partial charge on any atom is -0.496 e. The van der Waals surface area contributed by atoms with Crippen LogP contribution in [0.3, 0.4) is 0 Å². The van der Waals surface area contributed by atoms with Crippen molar-refractivity contribution in [3.8, 4) is 5.75 Å². The fourth-order valence-electron chi connectivity index (χ4n) is 2.11. The molecule has 4 nitrogen and oxygen atoms in total. The number of aryl methyl sites for hydroxylation is 1. The van der Waals surface area contributed by atoms with Crippen LogP contribution in [0.25, 0.3) is 0 Å². The average molecular weight is 259 g/mol. The lowest BCUT2D eigenvalue weighted by Crippen LogP contribution is -2.19. The Balaban J connectivity index is 2.05. The van der Waals surface area contributed by atoms with E-state index in [-0.39, 0.29) is 6.04 Å². The summed E-state index contributed by atoms with van der Waals surface area (Å²) in [5.74, 6) is 0.922. The highest BCUT2D eigenvalue weighted by Crippen LogP contribution is 2.24. The normalized spacial score (nSPS) is 12.4. The molecule has 2 rings (SSSR count). The van der Waals surface area contributed by atoms with E-state index in [0.29, 0.717) is 0 Å². The smallest absolute Gasteiger partial charge is 0.123 e. The van der Waals surface area contributed by atoms with Gasteiger partial charge in [0.2, 0.25) is 0 Å². The lowest BCUT2D eigenvalue weighted by molar-refractivity contribution is 0.401. The summed E-state index contributed by atoms with van der Waals surface area (Å²) in [5, 5.41) is 7.76. The number of hydrogen-bond donors (Lipinski definition) is 1. The number of ether oxygens (including phenoxy) is 1. The maximum Gasteiger partial charge on any atom is 0.123 e. The summed E-state index contributed by atoms with van der Waals surface area (Å²) in [7, 11) is 3.67. The fraction of sp³-hybridized carbons (Fsp3) is 0.400. The standard InChI is InChI=1S/C15H21N3O/c1-11(14-7-5-6-8-15(14)19-4)16-9-13-10-17-18(3)12(13)2/h5-8,10-11,16H,9H2,1-4H3. The summed E-state index contributed by atoms with van der Waals surface area (Å²) in [6.45, 7) is 5.03. The first-order valence-corrected chi connectivity index (χ1v) is 6.47. The van der Waals surface area contributed by atoms with Crippen LogP contribution in [-0.2, 0) is 13.6 Å². The van der Waals surface area contributed by atoms with E-state index >= 15 is 0 Å². The van der Waals surface area contributed by atoms with Gasteiger partial charge in [-0.05, 0) is 19.9 Å². The van der Waals surface area contributed by atoms with E-state index in [9.17, 15) is 0 Å². The number of benzene rings is 1. The van der Waals surface area contributed by atoms with E-state index in [1.165, 1.54) is 16.8 Å². The van der Waals surface area contributed by atoms with Crippen molar-refractivity contribution in [3.63, 3.8) is 0 Å². The number of methoxy groups -OCH3 is 1. The Morgan fingerprint density at radius 2 is 2.11 bits per heavy atom. The van der Waals surface area contributed by atoms with Gasteiger partial charge in [0.25, 0.3) is 0 Å². The Labute approximate surface area is 114 Å². The number of hydrogen-bond acceptors (Lipinski definition) is 3. The van der Waals surface area contributed by atoms with Gasteiger partial charge in [-0.15, -0.1) is 0 Å². The highest BCUT2D eigenvalue weighted by Gasteiger charge is 2.11. The number of rotatable bonds is 5. The molecule has 1 aromatic heterocycles. The SMILES string of the molecule is COc1ccccc1C(C)NCc1cnn(C)c1C. The fourth-order valence-corrected chi connectivity index (χ4v) is 2.11. The number of nitrogens with zero attached hydrogens (tertiary/aromatic N) is 2. The highest BCUT2D eigenvalue weighted by molar-refractivity contribution is 5.35. The summed E-state index contributed by atoms with van der Waals surface area (Å²) >= 11 is 0. The Bertz CT molecular complexity index is 548. The minimum atomic E-state index is 0.232. The molecule has 2 aromatic rings. The number of para-hydroxylation sites is 1. The molecule has 1 atom stereocenters. The van der Waals surface area contributed by atoms with E-state index in [1.807, 2.05) is 36.1 Å². The van der Waals surface area contributed by atoms with Gasteiger partial charge in [-0.2, -0.15) is 5.10 Å². The second-order valence-corrected chi connectivity index (χ2v) is 4.72. The number of aromatic nitrogens is 2. The van der Waals surface area contributed by atoms with E-state index in [1.54, 1.807) is 7.11 Å². The molecule has 0 bridgehead atoms. The molecular weight excluding hydrogens is 238 g/mol. The lowest BCUT2D eigenvalue weighted by Gasteiger charge is -2.17. The molecule has 0 fully saturated rings. The third-order valence-corrected chi connectivity index (χ3v) is 3.54. The van der Waals surface area contributed by atoms with Crippen molar-refractivity contribution in [2.45, 2.75) is 26.4 Å². The van der Waals surface area contributed by atoms with Crippen LogP contribution in [0.5, 0.6) is 5.75 Å². The molecule has 1 aromatic carbocycles. The van der Waals surface area contributed by atoms with Gasteiger partial charge in [0.15, 0.2) is 0 Å². The average Bonchev–Trinajstić information content (AvgIpc) is 2.76. The van der Waals surface area contributed by atoms with E-state index in [2.05, 4.69) is 30.3 Å². The van der Waals surface area contributed by atoms with Crippen LogP contribution >= 0.6 is 0 Å². The van der Waals surface area contributed by atoms with Crippen molar-refractivity contribution < 1.29 is 4.74 Å². The molecular formula is C15H21N3O. The zero-order valence-electron chi connectivity index (χ0n) is 12.0. The van der Waals surface area contributed by atoms with Crippen molar-refractivity contribution >= 4 is 0 Å². The summed E-state index contributed by atoms with van der Waals surface area (Å²) in [6, 6.07) is 8.33. The monoisotopic (exact) mass is 259 g/mol. The summed E-state index contributed by atoms with van der Waals surface area (Å²) in [6.07, 6.45) is 1.91. The van der Waals surface area contributed by atoms with Crippen LogP contribution in [0, 0.1) is 6.92 Å². The molecule has 1 heterocycles. The second-order valence-electron chi connectivity index (χ2n) is 4.72. The first-order valence-electron chi connectivity index (χ1n) is 6.47. The zero-order valence-corrected chi connectivity index (χ0v) is 12.0. The quantitative estimate of drug-likeness (QED) is 0.897. The highest BCUT2D eigenvalue weighted by atomic mass is 16.5. The first kappa shape index (κ1) is 13.6. The maximum atomic E-state index is 5.39. The van der Waals surface area contributed by atoms with E-state index < -0.39 is 0 Å². The van der Waals surface area contributed by atoms with Crippen LogP contribution < -0.4 is 10.1 Å². The van der Waals surface area contributed by atoms with Crippen molar-refractivity contribution in [2.24, 2.45) is 7.05 Å². The lowest BCUT2D eigenvalue weighted by atomic mass is 10.1. The molecule has 0 aliphatic heterocycles. The van der Waals surface area contributed by atoms with E-state index in [0.717, 1.165) is 12.3 Å². The molecule has 0 radical (unpaired) electrons. The van der Waals surface area contributed by atoms with Crippen molar-refractivity contribution in [1.82, 2.24) is 15.1 Å². The molecule has 0 amide bonds. The molecule has 4 heteroatoms. The summed E-state index contributed by atoms with van der Waals surface area (Å²) in [5.41, 5.74) is 3.59. The molecule has 0 aliphatic rings. The second kappa shape index (κ2) is 5.89. The molecule has 0 spiro atoms. The Kier molecular flexibility index (Phi) is 4.22. The van der Waals surface area contributed by atoms with Gasteiger partial charge in [-0.3, -0.25) is 4.68 Å². The molecule has 1 unspecified atom stereocenters. The zero-order chi connectivity index (χ0) is 13.8.